The summed E-state index contributed by atoms with van der Waals surface area (Å²) in [6.07, 6.45) is 3.25. The van der Waals surface area contributed by atoms with Gasteiger partial charge >= 0.3 is 0 Å². The highest BCUT2D eigenvalue weighted by atomic mass is 35.5. The number of amides is 1. The Morgan fingerprint density at radius 2 is 2.09 bits per heavy atom. The molecule has 3 rings (SSSR count). The first-order chi connectivity index (χ1) is 11.0. The fraction of sp³-hybridized carbons (Fsp3) is 0.188. The summed E-state index contributed by atoms with van der Waals surface area (Å²) in [6.45, 7) is 4.03. The van der Waals surface area contributed by atoms with Crippen molar-refractivity contribution < 1.29 is 9.18 Å². The lowest BCUT2D eigenvalue weighted by Gasteiger charge is -2.08. The lowest BCUT2D eigenvalue weighted by Crippen LogP contribution is -2.13. The fourth-order valence-corrected chi connectivity index (χ4v) is 2.51. The number of hydrogen-bond donors (Lipinski definition) is 1. The zero-order valence-electron chi connectivity index (χ0n) is 12.5. The molecule has 0 aliphatic carbocycles. The van der Waals surface area contributed by atoms with Crippen LogP contribution in [-0.4, -0.2) is 20.7 Å². The molecule has 2 aromatic heterocycles. The fourth-order valence-electron chi connectivity index (χ4n) is 2.26. The van der Waals surface area contributed by atoms with Gasteiger partial charge in [-0.3, -0.25) is 4.79 Å². The average Bonchev–Trinajstić information content (AvgIpc) is 2.90. The number of carbonyl (C=O) groups excluding carboxylic acids is 1. The van der Waals surface area contributed by atoms with E-state index in [-0.39, 0.29) is 16.6 Å². The number of halogens is 2. The third-order valence-corrected chi connectivity index (χ3v) is 3.67. The van der Waals surface area contributed by atoms with Crippen molar-refractivity contribution in [3.05, 3.63) is 53.1 Å². The summed E-state index contributed by atoms with van der Waals surface area (Å²) < 4.78 is 14.8. The van der Waals surface area contributed by atoms with Gasteiger partial charge in [-0.25, -0.2) is 14.1 Å². The first kappa shape index (κ1) is 15.4. The molecule has 0 aliphatic rings. The van der Waals surface area contributed by atoms with Gasteiger partial charge in [-0.2, -0.15) is 5.10 Å². The Kier molecular flexibility index (Phi) is 4.00. The number of rotatable bonds is 3. The van der Waals surface area contributed by atoms with E-state index in [0.717, 1.165) is 17.1 Å². The molecule has 0 fully saturated rings. The van der Waals surface area contributed by atoms with E-state index >= 15 is 0 Å². The first-order valence-electron chi connectivity index (χ1n) is 7.05. The Bertz CT molecular complexity index is 891. The van der Waals surface area contributed by atoms with Crippen LogP contribution in [-0.2, 0) is 0 Å². The highest BCUT2D eigenvalue weighted by Gasteiger charge is 2.13. The van der Waals surface area contributed by atoms with E-state index < -0.39 is 11.7 Å². The number of benzene rings is 1. The Balaban J connectivity index is 1.88. The summed E-state index contributed by atoms with van der Waals surface area (Å²) in [6, 6.07) is 5.61. The summed E-state index contributed by atoms with van der Waals surface area (Å²) in [7, 11) is 0. The molecule has 0 unspecified atom stereocenters. The molecule has 23 heavy (non-hydrogen) atoms. The summed E-state index contributed by atoms with van der Waals surface area (Å²) in [4.78, 5) is 16.6. The van der Waals surface area contributed by atoms with Crippen molar-refractivity contribution in [2.75, 3.05) is 5.32 Å². The second-order valence-corrected chi connectivity index (χ2v) is 5.81. The van der Waals surface area contributed by atoms with Gasteiger partial charge in [0, 0.05) is 11.4 Å². The molecule has 2 heterocycles. The van der Waals surface area contributed by atoms with Crippen LogP contribution in [0.3, 0.4) is 0 Å². The molecular formula is C16H14ClFN4O. The zero-order chi connectivity index (χ0) is 16.6. The van der Waals surface area contributed by atoms with Crippen LogP contribution in [0.2, 0.25) is 5.02 Å². The Morgan fingerprint density at radius 1 is 1.30 bits per heavy atom. The summed E-state index contributed by atoms with van der Waals surface area (Å²) >= 11 is 5.89. The van der Waals surface area contributed by atoms with Gasteiger partial charge in [0.25, 0.3) is 5.91 Å². The number of nitrogens with zero attached hydrogens (tertiary/aromatic N) is 3. The van der Waals surface area contributed by atoms with Crippen LogP contribution in [0.25, 0.3) is 11.0 Å². The molecule has 0 bridgehead atoms. The average molecular weight is 333 g/mol. The van der Waals surface area contributed by atoms with E-state index in [4.69, 9.17) is 11.6 Å². The molecule has 3 aromatic rings. The van der Waals surface area contributed by atoms with Crippen LogP contribution in [0.1, 0.15) is 30.2 Å². The molecule has 0 radical (unpaired) electrons. The van der Waals surface area contributed by atoms with Crippen LogP contribution in [0, 0.1) is 5.82 Å². The topological polar surface area (TPSA) is 59.8 Å². The predicted molar refractivity (Wildman–Crippen MR) is 87.3 cm³/mol. The van der Waals surface area contributed by atoms with Gasteiger partial charge in [0.1, 0.15) is 5.82 Å². The molecule has 0 aliphatic heterocycles. The minimum atomic E-state index is -0.490. The molecule has 1 N–H and O–H groups in total. The van der Waals surface area contributed by atoms with Gasteiger partial charge in [-0.05, 0) is 38.1 Å². The lowest BCUT2D eigenvalue weighted by molar-refractivity contribution is 0.102. The largest absolute Gasteiger partial charge is 0.321 e. The number of aromatic nitrogens is 3. The van der Waals surface area contributed by atoms with Gasteiger partial charge in [0.15, 0.2) is 5.65 Å². The predicted octanol–water partition coefficient (Wildman–Crippen LogP) is 4.06. The highest BCUT2D eigenvalue weighted by molar-refractivity contribution is 6.34. The van der Waals surface area contributed by atoms with Crippen molar-refractivity contribution in [3.63, 3.8) is 0 Å². The van der Waals surface area contributed by atoms with Gasteiger partial charge in [-0.1, -0.05) is 11.6 Å². The van der Waals surface area contributed by atoms with E-state index in [1.165, 1.54) is 12.1 Å². The number of pyridine rings is 1. The van der Waals surface area contributed by atoms with E-state index in [0.29, 0.717) is 5.69 Å². The third-order valence-electron chi connectivity index (χ3n) is 3.36. The second-order valence-electron chi connectivity index (χ2n) is 5.40. The van der Waals surface area contributed by atoms with Crippen molar-refractivity contribution in [2.45, 2.75) is 19.9 Å². The molecule has 0 spiro atoms. The van der Waals surface area contributed by atoms with E-state index in [2.05, 4.69) is 15.4 Å². The first-order valence-corrected chi connectivity index (χ1v) is 7.43. The Morgan fingerprint density at radius 3 is 2.78 bits per heavy atom. The minimum Gasteiger partial charge on any atom is -0.321 e. The number of fused-ring (bicyclic) bond motifs is 1. The van der Waals surface area contributed by atoms with Crippen molar-refractivity contribution in [2.24, 2.45) is 0 Å². The number of nitrogens with one attached hydrogen (secondary N) is 1. The summed E-state index contributed by atoms with van der Waals surface area (Å²) in [5.41, 5.74) is 1.47. The van der Waals surface area contributed by atoms with Crippen LogP contribution < -0.4 is 5.32 Å². The molecule has 1 amide bonds. The van der Waals surface area contributed by atoms with Gasteiger partial charge in [0.2, 0.25) is 0 Å². The van der Waals surface area contributed by atoms with Crippen molar-refractivity contribution >= 4 is 34.2 Å². The summed E-state index contributed by atoms with van der Waals surface area (Å²) in [5, 5.41) is 7.86. The van der Waals surface area contributed by atoms with Crippen LogP contribution in [0.4, 0.5) is 10.1 Å². The maximum Gasteiger partial charge on any atom is 0.257 e. The molecule has 118 valence electrons. The standard InChI is InChI=1S/C16H14ClFN4O/c1-9(2)22-15-10(7-20-22)5-12(8-19-15)21-16(23)13-4-3-11(18)6-14(13)17/h3-9H,1-2H3,(H,21,23). The molecule has 7 heteroatoms. The van der Waals surface area contributed by atoms with Crippen LogP contribution in [0.5, 0.6) is 0 Å². The Hall–Kier alpha value is -2.47. The quantitative estimate of drug-likeness (QED) is 0.787. The maximum absolute atomic E-state index is 13.0. The molecular weight excluding hydrogens is 319 g/mol. The Labute approximate surface area is 137 Å². The highest BCUT2D eigenvalue weighted by Crippen LogP contribution is 2.21. The van der Waals surface area contributed by atoms with Crippen LogP contribution in [0.15, 0.2) is 36.7 Å². The van der Waals surface area contributed by atoms with Gasteiger partial charge < -0.3 is 5.32 Å². The lowest BCUT2D eigenvalue weighted by atomic mass is 10.2. The smallest absolute Gasteiger partial charge is 0.257 e. The molecule has 5 nitrogen and oxygen atoms in total. The number of anilines is 1. The van der Waals surface area contributed by atoms with Gasteiger partial charge in [-0.15, -0.1) is 0 Å². The summed E-state index contributed by atoms with van der Waals surface area (Å²) in [5.74, 6) is -0.914. The van der Waals surface area contributed by atoms with E-state index in [1.807, 2.05) is 13.8 Å². The van der Waals surface area contributed by atoms with E-state index in [1.54, 1.807) is 23.1 Å². The third kappa shape index (κ3) is 3.03. The normalized spacial score (nSPS) is 11.2. The zero-order valence-corrected chi connectivity index (χ0v) is 13.3. The molecule has 1 aromatic carbocycles. The molecule has 0 saturated carbocycles. The molecule has 0 saturated heterocycles. The van der Waals surface area contributed by atoms with Gasteiger partial charge in [0.05, 0.1) is 28.7 Å². The SMILES string of the molecule is CC(C)n1ncc2cc(NC(=O)c3ccc(F)cc3Cl)cnc21. The number of hydrogen-bond acceptors (Lipinski definition) is 3. The maximum atomic E-state index is 13.0. The van der Waals surface area contributed by atoms with Crippen LogP contribution >= 0.6 is 11.6 Å². The minimum absolute atomic E-state index is 0.0594. The monoisotopic (exact) mass is 332 g/mol. The number of carbonyl (C=O) groups is 1. The van der Waals surface area contributed by atoms with Crippen molar-refractivity contribution in [1.82, 2.24) is 14.8 Å². The van der Waals surface area contributed by atoms with Crippen molar-refractivity contribution in [1.29, 1.82) is 0 Å². The van der Waals surface area contributed by atoms with Crippen molar-refractivity contribution in [3.8, 4) is 0 Å². The van der Waals surface area contributed by atoms with E-state index in [9.17, 15) is 9.18 Å². The molecule has 0 atom stereocenters. The second kappa shape index (κ2) is 5.96.